The second-order valence-electron chi connectivity index (χ2n) is 18.8. The lowest BCUT2D eigenvalue weighted by molar-refractivity contribution is -0.154. The summed E-state index contributed by atoms with van der Waals surface area (Å²) in [5.74, 6) is -1.58. The van der Waals surface area contributed by atoms with Crippen LogP contribution >= 0.6 is 0 Å². The predicted octanol–water partition coefficient (Wildman–Crippen LogP) is 11.0. The number of ether oxygens (including phenoxy) is 4. The highest BCUT2D eigenvalue weighted by Gasteiger charge is 2.57. The maximum Gasteiger partial charge on any atom is 0.317 e. The van der Waals surface area contributed by atoms with E-state index in [0.29, 0.717) is 11.4 Å². The summed E-state index contributed by atoms with van der Waals surface area (Å²) in [6.45, 7) is 8.99. The first-order valence-corrected chi connectivity index (χ1v) is 23.1. The van der Waals surface area contributed by atoms with E-state index < -0.39 is 47.5 Å². The van der Waals surface area contributed by atoms with Crippen molar-refractivity contribution in [1.29, 1.82) is 0 Å². The second kappa shape index (κ2) is 20.1. The molecular weight excluding hydrogens is 881 g/mol. The van der Waals surface area contributed by atoms with Gasteiger partial charge in [-0.25, -0.2) is 0 Å². The Balaban J connectivity index is 0.000000146. The predicted molar refractivity (Wildman–Crippen MR) is 272 cm³/mol. The third kappa shape index (κ3) is 10.8. The molecule has 70 heavy (non-hydrogen) atoms. The quantitative estimate of drug-likeness (QED) is 0.0605. The molecule has 2 heterocycles. The summed E-state index contributed by atoms with van der Waals surface area (Å²) < 4.78 is 20.7. The van der Waals surface area contributed by atoms with Gasteiger partial charge in [-0.05, 0) is 143 Å². The number of rotatable bonds is 9. The van der Waals surface area contributed by atoms with Crippen LogP contribution in [0.25, 0.3) is 11.1 Å². The van der Waals surface area contributed by atoms with E-state index in [9.17, 15) is 19.2 Å². The van der Waals surface area contributed by atoms with E-state index in [1.807, 2.05) is 121 Å². The van der Waals surface area contributed by atoms with Gasteiger partial charge in [0, 0.05) is 33.6 Å². The van der Waals surface area contributed by atoms with Crippen molar-refractivity contribution in [1.82, 2.24) is 0 Å². The average Bonchev–Trinajstić information content (AvgIpc) is 3.81. The molecule has 2 aliphatic heterocycles. The smallest absolute Gasteiger partial charge is 0.317 e. The molecule has 0 spiro atoms. The lowest BCUT2D eigenvalue weighted by Crippen LogP contribution is -2.35. The molecule has 4 unspecified atom stereocenters. The maximum absolute atomic E-state index is 11.3. The van der Waals surface area contributed by atoms with Crippen molar-refractivity contribution in [2.75, 3.05) is 22.9 Å². The molecule has 1 aliphatic carbocycles. The molecule has 0 amide bonds. The van der Waals surface area contributed by atoms with E-state index in [0.717, 1.165) is 45.5 Å². The van der Waals surface area contributed by atoms with Crippen molar-refractivity contribution in [2.24, 2.45) is 23.7 Å². The summed E-state index contributed by atoms with van der Waals surface area (Å²) >= 11 is 0. The molecule has 1 saturated carbocycles. The van der Waals surface area contributed by atoms with Gasteiger partial charge < -0.3 is 41.9 Å². The van der Waals surface area contributed by atoms with Crippen molar-refractivity contribution in [3.8, 4) is 34.1 Å². The molecule has 0 radical (unpaired) electrons. The summed E-state index contributed by atoms with van der Waals surface area (Å²) in [5.41, 5.74) is 33.2. The minimum absolute atomic E-state index is 0.0719. The van der Waals surface area contributed by atoms with Gasteiger partial charge in [-0.3, -0.25) is 19.2 Å². The second-order valence-corrected chi connectivity index (χ2v) is 18.8. The Kier molecular flexibility index (Phi) is 13.8. The summed E-state index contributed by atoms with van der Waals surface area (Å²) in [6.07, 6.45) is 0.370. The van der Waals surface area contributed by atoms with Crippen molar-refractivity contribution in [3.05, 3.63) is 192 Å². The number of carbonyl (C=O) groups is 4. The number of cyclic esters (lactones) is 4. The van der Waals surface area contributed by atoms with Crippen LogP contribution < -0.4 is 32.4 Å². The van der Waals surface area contributed by atoms with Crippen molar-refractivity contribution in [2.45, 2.75) is 51.4 Å². The van der Waals surface area contributed by atoms with Gasteiger partial charge in [0.15, 0.2) is 0 Å². The molecular formula is C58H56N4O8. The number of hydrogen-bond acceptors (Lipinski definition) is 12. The summed E-state index contributed by atoms with van der Waals surface area (Å²) in [4.78, 5) is 45.3. The molecule has 10 rings (SSSR count). The Morgan fingerprint density at radius 1 is 0.343 bits per heavy atom. The van der Waals surface area contributed by atoms with Gasteiger partial charge in [-0.2, -0.15) is 0 Å². The van der Waals surface area contributed by atoms with Crippen LogP contribution in [0.1, 0.15) is 62.8 Å². The summed E-state index contributed by atoms with van der Waals surface area (Å²) in [7, 11) is 0. The molecule has 12 heteroatoms. The van der Waals surface area contributed by atoms with Gasteiger partial charge in [-0.1, -0.05) is 100 Å². The summed E-state index contributed by atoms with van der Waals surface area (Å²) in [6, 6.07) is 55.9. The van der Waals surface area contributed by atoms with E-state index in [1.165, 1.54) is 22.3 Å². The van der Waals surface area contributed by atoms with Crippen LogP contribution in [0.5, 0.6) is 23.0 Å². The molecule has 0 aromatic heterocycles. The van der Waals surface area contributed by atoms with Crippen LogP contribution in [0, 0.1) is 23.7 Å². The van der Waals surface area contributed by atoms with Crippen molar-refractivity contribution < 1.29 is 38.1 Å². The monoisotopic (exact) mass is 936 g/mol. The fourth-order valence-electron chi connectivity index (χ4n) is 8.96. The van der Waals surface area contributed by atoms with Gasteiger partial charge in [0.05, 0.1) is 23.7 Å². The van der Waals surface area contributed by atoms with Crippen molar-refractivity contribution >= 4 is 46.6 Å². The maximum atomic E-state index is 11.3. The van der Waals surface area contributed by atoms with Crippen LogP contribution in [0.3, 0.4) is 0 Å². The Labute approximate surface area is 407 Å². The molecule has 12 nitrogen and oxygen atoms in total. The minimum atomic E-state index is -0.583. The van der Waals surface area contributed by atoms with E-state index in [2.05, 4.69) is 85.7 Å². The number of esters is 4. The fourth-order valence-corrected chi connectivity index (χ4v) is 8.96. The number of carbonyl (C=O) groups excluding carboxylic acids is 4. The minimum Gasteiger partial charge on any atom is -0.457 e. The van der Waals surface area contributed by atoms with E-state index >= 15 is 0 Å². The third-order valence-electron chi connectivity index (χ3n) is 13.5. The molecule has 356 valence electrons. The molecule has 7 aromatic carbocycles. The molecule has 3 aliphatic rings. The normalized spacial score (nSPS) is 18.2. The number of fused-ring (bicyclic) bond motifs is 2. The van der Waals surface area contributed by atoms with Crippen LogP contribution in [0.2, 0.25) is 0 Å². The zero-order chi connectivity index (χ0) is 49.7. The summed E-state index contributed by atoms with van der Waals surface area (Å²) in [5, 5.41) is 0. The highest BCUT2D eigenvalue weighted by atomic mass is 16.6. The van der Waals surface area contributed by atoms with Crippen molar-refractivity contribution in [3.63, 3.8) is 0 Å². The average molecular weight is 937 g/mol. The standard InChI is InChI=1S/C24H20N2O2.C24H28N2.C10H8O6/c25-19-5-13-23(14-6-19)27-21-9-1-17(2-10-21)18-3-11-22(12-4-18)28-24-15-7-20(26)8-16-24;1-23(2,19-9-13-21(25)14-10-19)17-5-7-18(8-6-17)24(3,4)20-11-15-22(26)16-12-20;11-7-3-1-4-6(10(14)16-8(4)12)2-5(3)9(13)15-7/h1-16H,25-26H2;5-16H,25-26H2,1-4H3;3-6H,1-2H2. The Hall–Kier alpha value is -8.38. The van der Waals surface area contributed by atoms with E-state index in [1.54, 1.807) is 0 Å². The zero-order valence-corrected chi connectivity index (χ0v) is 39.5. The molecule has 8 N–H and O–H groups in total. The van der Waals surface area contributed by atoms with Crippen LogP contribution in [0.15, 0.2) is 170 Å². The first kappa shape index (κ1) is 48.1. The first-order valence-electron chi connectivity index (χ1n) is 23.1. The Bertz CT molecular complexity index is 2730. The number of benzene rings is 7. The Morgan fingerprint density at radius 2 is 0.543 bits per heavy atom. The lowest BCUT2D eigenvalue weighted by Gasteiger charge is -2.29. The topological polar surface area (TPSA) is 209 Å². The van der Waals surface area contributed by atoms with E-state index in [-0.39, 0.29) is 23.7 Å². The van der Waals surface area contributed by atoms with Crippen LogP contribution in [0.4, 0.5) is 22.7 Å². The molecule has 2 saturated heterocycles. The van der Waals surface area contributed by atoms with Crippen LogP contribution in [-0.2, 0) is 39.5 Å². The van der Waals surface area contributed by atoms with Gasteiger partial charge >= 0.3 is 23.9 Å². The highest BCUT2D eigenvalue weighted by Crippen LogP contribution is 2.46. The zero-order valence-electron chi connectivity index (χ0n) is 39.5. The molecule has 4 atom stereocenters. The number of nitrogens with two attached hydrogens (primary N) is 4. The molecule has 7 aromatic rings. The third-order valence-corrected chi connectivity index (χ3v) is 13.5. The SMILES string of the molecule is CC(C)(c1ccc(N)cc1)c1ccc(C(C)(C)c2ccc(N)cc2)cc1.Nc1ccc(Oc2ccc(-c3ccc(Oc4ccc(N)cc4)cc3)cc2)cc1.O=C1OC(=O)C2CC3C(=O)OC(=O)C3CC12. The highest BCUT2D eigenvalue weighted by molar-refractivity contribution is 6.01. The number of hydrogen-bond donors (Lipinski definition) is 4. The number of anilines is 4. The first-order chi connectivity index (χ1) is 33.4. The lowest BCUT2D eigenvalue weighted by atomic mass is 9.70. The van der Waals surface area contributed by atoms with E-state index in [4.69, 9.17) is 32.4 Å². The molecule has 3 fully saturated rings. The fraction of sp³-hybridized carbons (Fsp3) is 0.207. The van der Waals surface area contributed by atoms with Gasteiger partial charge in [-0.15, -0.1) is 0 Å². The largest absolute Gasteiger partial charge is 0.457 e. The van der Waals surface area contributed by atoms with Gasteiger partial charge in [0.1, 0.15) is 23.0 Å². The number of nitrogen functional groups attached to an aromatic ring is 4. The molecule has 0 bridgehead atoms. The Morgan fingerprint density at radius 3 is 0.786 bits per heavy atom. The van der Waals surface area contributed by atoms with Gasteiger partial charge in [0.25, 0.3) is 0 Å². The van der Waals surface area contributed by atoms with Crippen LogP contribution in [-0.4, -0.2) is 23.9 Å². The van der Waals surface area contributed by atoms with Gasteiger partial charge in [0.2, 0.25) is 0 Å².